The van der Waals surface area contributed by atoms with Gasteiger partial charge in [0.15, 0.2) is 5.78 Å². The Hall–Kier alpha value is 0.210. The van der Waals surface area contributed by atoms with Gasteiger partial charge < -0.3 is 0 Å². The molecule has 1 rings (SSSR count). The van der Waals surface area contributed by atoms with Crippen molar-refractivity contribution >= 4 is 21.7 Å². The first-order valence-corrected chi connectivity index (χ1v) is 5.56. The fraction of sp³-hybridized carbons (Fsp3) is 0.300. The van der Waals surface area contributed by atoms with Crippen molar-refractivity contribution in [3.05, 3.63) is 34.9 Å². The number of alkyl halides is 7. The van der Waals surface area contributed by atoms with E-state index in [0.717, 1.165) is 0 Å². The number of halogens is 7. The van der Waals surface area contributed by atoms with Crippen LogP contribution in [0.4, 0.5) is 26.3 Å². The van der Waals surface area contributed by atoms with Crippen molar-refractivity contribution in [2.75, 3.05) is 5.33 Å². The van der Waals surface area contributed by atoms with E-state index in [4.69, 9.17) is 0 Å². The Morgan fingerprint density at radius 1 is 0.947 bits per heavy atom. The van der Waals surface area contributed by atoms with Crippen LogP contribution in [-0.2, 0) is 12.4 Å². The SMILES string of the molecule is O=C(CBr)c1cc(C(F)(F)F)cc(C(F)(F)F)c1.[Ar]. The summed E-state index contributed by atoms with van der Waals surface area (Å²) in [5.74, 6) is -0.855. The van der Waals surface area contributed by atoms with Crippen LogP contribution < -0.4 is 0 Å². The van der Waals surface area contributed by atoms with Crippen LogP contribution in [0.25, 0.3) is 0 Å². The molecule has 9 heteroatoms. The Kier molecular flexibility index (Phi) is 6.85. The molecule has 0 radical (unpaired) electrons. The maximum atomic E-state index is 12.4. The molecule has 0 N–H and O–H groups in total. The van der Waals surface area contributed by atoms with Gasteiger partial charge in [-0.3, -0.25) is 4.79 Å². The molecule has 0 aliphatic carbocycles. The predicted octanol–water partition coefficient (Wildman–Crippen LogP) is 4.30. The van der Waals surface area contributed by atoms with Gasteiger partial charge in [0, 0.05) is 43.3 Å². The normalized spacial score (nSPS) is 11.9. The van der Waals surface area contributed by atoms with Crippen LogP contribution in [0.1, 0.15) is 21.5 Å². The van der Waals surface area contributed by atoms with Crippen molar-refractivity contribution in [2.45, 2.75) is 12.4 Å². The summed E-state index contributed by atoms with van der Waals surface area (Å²) in [4.78, 5) is 11.2. The number of ketones is 1. The van der Waals surface area contributed by atoms with Gasteiger partial charge in [-0.05, 0) is 18.2 Å². The average molecular weight is 375 g/mol. The Bertz CT molecular complexity index is 436. The van der Waals surface area contributed by atoms with E-state index in [2.05, 4.69) is 15.9 Å². The quantitative estimate of drug-likeness (QED) is 0.428. The first kappa shape index (κ1) is 19.2. The van der Waals surface area contributed by atoms with Crippen molar-refractivity contribution in [1.82, 2.24) is 0 Å². The van der Waals surface area contributed by atoms with Crippen LogP contribution in [0.5, 0.6) is 0 Å². The van der Waals surface area contributed by atoms with E-state index in [0.29, 0.717) is 12.1 Å². The molecule has 1 nitrogen and oxygen atoms in total. The Balaban J connectivity index is 0.00000324. The molecule has 19 heavy (non-hydrogen) atoms. The number of rotatable bonds is 2. The van der Waals surface area contributed by atoms with Crippen molar-refractivity contribution < 1.29 is 68.9 Å². The fourth-order valence-electron chi connectivity index (χ4n) is 1.19. The first-order chi connectivity index (χ1) is 8.05. The van der Waals surface area contributed by atoms with Gasteiger partial charge in [-0.25, -0.2) is 0 Å². The molecular weight excluding hydrogens is 370 g/mol. The zero-order chi connectivity index (χ0) is 14.1. The molecule has 0 saturated carbocycles. The molecule has 0 aliphatic rings. The smallest absolute Gasteiger partial charge is 0.293 e. The molecule has 0 spiro atoms. The molecule has 0 amide bonds. The van der Waals surface area contributed by atoms with Crippen LogP contribution in [0.3, 0.4) is 0 Å². The molecule has 1 aromatic rings. The van der Waals surface area contributed by atoms with Gasteiger partial charge in [0.05, 0.1) is 16.5 Å². The zero-order valence-electron chi connectivity index (χ0n) is 8.85. The van der Waals surface area contributed by atoms with Crippen LogP contribution in [0.15, 0.2) is 18.2 Å². The van der Waals surface area contributed by atoms with E-state index in [1.807, 2.05) is 0 Å². The molecule has 0 unspecified atom stereocenters. The summed E-state index contributed by atoms with van der Waals surface area (Å²) in [6.45, 7) is 0. The van der Waals surface area contributed by atoms with Gasteiger partial charge >= 0.3 is 12.4 Å². The molecule has 108 valence electrons. The Morgan fingerprint density at radius 3 is 1.58 bits per heavy atom. The zero-order valence-corrected chi connectivity index (χ0v) is 11.1. The van der Waals surface area contributed by atoms with Crippen molar-refractivity contribution in [3.8, 4) is 0 Å². The average Bonchev–Trinajstić information content (AvgIpc) is 2.25. The third kappa shape index (κ3) is 5.24. The first-order valence-electron chi connectivity index (χ1n) is 4.44. The van der Waals surface area contributed by atoms with E-state index in [9.17, 15) is 31.1 Å². The number of carbonyl (C=O) groups is 1. The van der Waals surface area contributed by atoms with Gasteiger partial charge in [-0.1, -0.05) is 15.9 Å². The summed E-state index contributed by atoms with van der Waals surface area (Å²) in [5.41, 5.74) is -3.63. The van der Waals surface area contributed by atoms with Crippen LogP contribution in [-0.4, -0.2) is 11.1 Å². The summed E-state index contributed by atoms with van der Waals surface area (Å²) in [6, 6.07) is 0.780. The minimum absolute atomic E-state index is 0. The second-order valence-corrected chi connectivity index (χ2v) is 3.91. The molecule has 0 fully saturated rings. The number of carbonyl (C=O) groups excluding carboxylic acids is 1. The summed E-state index contributed by atoms with van der Waals surface area (Å²) < 4.78 is 74.5. The molecule has 0 bridgehead atoms. The summed E-state index contributed by atoms with van der Waals surface area (Å²) in [5, 5.41) is -0.356. The van der Waals surface area contributed by atoms with Crippen molar-refractivity contribution in [2.24, 2.45) is 0 Å². The van der Waals surface area contributed by atoms with E-state index < -0.39 is 34.8 Å². The maximum absolute atomic E-state index is 12.4. The largest absolute Gasteiger partial charge is 0.416 e. The van der Waals surface area contributed by atoms with E-state index in [-0.39, 0.29) is 49.1 Å². The molecule has 1 aromatic carbocycles. The molecule has 0 aromatic heterocycles. The molecular formula is C10H5ArBrF6O. The summed E-state index contributed by atoms with van der Waals surface area (Å²) in [7, 11) is 0. The van der Waals surface area contributed by atoms with Gasteiger partial charge in [0.2, 0.25) is 0 Å². The Labute approximate surface area is 142 Å². The number of hydrogen-bond acceptors (Lipinski definition) is 1. The minimum Gasteiger partial charge on any atom is -0.293 e. The number of benzene rings is 1. The van der Waals surface area contributed by atoms with Crippen LogP contribution in [0.2, 0.25) is 0 Å². The van der Waals surface area contributed by atoms with Gasteiger partial charge in [-0.2, -0.15) is 26.3 Å². The molecule has 0 aliphatic heterocycles. The van der Waals surface area contributed by atoms with E-state index in [1.54, 1.807) is 0 Å². The van der Waals surface area contributed by atoms with Crippen molar-refractivity contribution in [1.29, 1.82) is 0 Å². The topological polar surface area (TPSA) is 17.1 Å². The van der Waals surface area contributed by atoms with Crippen molar-refractivity contribution in [3.63, 3.8) is 0 Å². The number of hydrogen-bond donors (Lipinski definition) is 0. The van der Waals surface area contributed by atoms with Gasteiger partial charge in [0.25, 0.3) is 0 Å². The third-order valence-corrected chi connectivity index (χ3v) is 2.54. The predicted molar refractivity (Wildman–Crippen MR) is 54.6 cm³/mol. The molecule has 0 saturated heterocycles. The monoisotopic (exact) mass is 374 g/mol. The fourth-order valence-corrected chi connectivity index (χ4v) is 1.52. The van der Waals surface area contributed by atoms with E-state index in [1.165, 1.54) is 0 Å². The van der Waals surface area contributed by atoms with Gasteiger partial charge in [0.1, 0.15) is 0 Å². The van der Waals surface area contributed by atoms with Crippen LogP contribution in [0, 0.1) is 37.7 Å². The van der Waals surface area contributed by atoms with Crippen LogP contribution >= 0.6 is 15.9 Å². The second kappa shape index (κ2) is 6.78. The minimum atomic E-state index is -4.94. The summed E-state index contributed by atoms with van der Waals surface area (Å²) in [6.07, 6.45) is -9.88. The third-order valence-electron chi connectivity index (χ3n) is 2.03. The number of Topliss-reactive ketones (excluding diaryl/α,β-unsaturated/α-hetero) is 1. The Morgan fingerprint density at radius 2 is 1.32 bits per heavy atom. The molecule has 0 heterocycles. The maximum Gasteiger partial charge on any atom is 0.416 e. The van der Waals surface area contributed by atoms with E-state index >= 15 is 0 Å². The standard InChI is InChI=1S/C10H5BrF6O.Ar/c11-4-8(18)5-1-6(9(12,13)14)3-7(2-5)10(15,16)17;/h1-3H,4H2;. The van der Waals surface area contributed by atoms with Gasteiger partial charge in [-0.15, -0.1) is 0 Å². The second-order valence-electron chi connectivity index (χ2n) is 3.35. The summed E-state index contributed by atoms with van der Waals surface area (Å²) >= 11 is 2.69. The molecule has 0 atom stereocenters.